The number of aryl methyl sites for hydroxylation is 2. The number of methoxy groups -OCH3 is 1. The van der Waals surface area contributed by atoms with Gasteiger partial charge in [-0.1, -0.05) is 17.7 Å². The molecule has 0 N–H and O–H groups in total. The first-order valence-corrected chi connectivity index (χ1v) is 5.32. The van der Waals surface area contributed by atoms with Crippen LogP contribution in [-0.4, -0.2) is 16.9 Å². The molecule has 0 aliphatic rings. The summed E-state index contributed by atoms with van der Waals surface area (Å²) in [4.78, 5) is 0. The molecular formula is C13H16N2O. The van der Waals surface area contributed by atoms with Crippen LogP contribution in [0.4, 0.5) is 0 Å². The Kier molecular flexibility index (Phi) is 2.95. The normalized spacial score (nSPS) is 10.4. The van der Waals surface area contributed by atoms with Crippen molar-refractivity contribution >= 4 is 0 Å². The smallest absolute Gasteiger partial charge is 0.123 e. The minimum absolute atomic E-state index is 0.749. The molecule has 0 spiro atoms. The van der Waals surface area contributed by atoms with E-state index in [9.17, 15) is 0 Å². The summed E-state index contributed by atoms with van der Waals surface area (Å²) in [5.74, 6) is 0.916. The Morgan fingerprint density at radius 2 is 2.06 bits per heavy atom. The Bertz CT molecular complexity index is 488. The molecule has 1 aromatic heterocycles. The summed E-state index contributed by atoms with van der Waals surface area (Å²) in [6.45, 7) is 4.82. The van der Waals surface area contributed by atoms with Crippen LogP contribution in [0.5, 0.6) is 5.75 Å². The highest BCUT2D eigenvalue weighted by atomic mass is 16.5. The molecule has 0 aliphatic carbocycles. The second-order valence-electron chi connectivity index (χ2n) is 3.97. The van der Waals surface area contributed by atoms with E-state index in [-0.39, 0.29) is 0 Å². The van der Waals surface area contributed by atoms with Crippen molar-refractivity contribution in [2.75, 3.05) is 7.11 Å². The molecule has 84 valence electrons. The van der Waals surface area contributed by atoms with E-state index in [1.54, 1.807) is 7.11 Å². The predicted octanol–water partition coefficient (Wildman–Crippen LogP) is 2.56. The van der Waals surface area contributed by atoms with Crippen LogP contribution in [0.3, 0.4) is 0 Å². The van der Waals surface area contributed by atoms with E-state index in [0.29, 0.717) is 0 Å². The second kappa shape index (κ2) is 4.39. The molecule has 1 aromatic carbocycles. The largest absolute Gasteiger partial charge is 0.496 e. The van der Waals surface area contributed by atoms with Crippen LogP contribution in [0.25, 0.3) is 0 Å². The highest BCUT2D eigenvalue weighted by Crippen LogP contribution is 2.20. The average Bonchev–Trinajstić information content (AvgIpc) is 2.64. The van der Waals surface area contributed by atoms with Crippen LogP contribution in [0, 0.1) is 13.8 Å². The maximum atomic E-state index is 5.34. The molecule has 0 saturated carbocycles. The summed E-state index contributed by atoms with van der Waals surface area (Å²) in [5.41, 5.74) is 3.43. The first kappa shape index (κ1) is 10.7. The minimum Gasteiger partial charge on any atom is -0.496 e. The number of nitrogens with zero attached hydrogens (tertiary/aromatic N) is 2. The Morgan fingerprint density at radius 1 is 1.25 bits per heavy atom. The van der Waals surface area contributed by atoms with Gasteiger partial charge in [-0.25, -0.2) is 0 Å². The third kappa shape index (κ3) is 2.24. The molecule has 2 aromatic rings. The summed E-state index contributed by atoms with van der Waals surface area (Å²) in [6, 6.07) is 8.19. The van der Waals surface area contributed by atoms with Gasteiger partial charge in [0, 0.05) is 11.8 Å². The lowest BCUT2D eigenvalue weighted by molar-refractivity contribution is 0.407. The van der Waals surface area contributed by atoms with Gasteiger partial charge in [-0.2, -0.15) is 5.10 Å². The molecule has 0 atom stereocenters. The van der Waals surface area contributed by atoms with Crippen LogP contribution in [0.15, 0.2) is 30.5 Å². The minimum atomic E-state index is 0.749. The Morgan fingerprint density at radius 3 is 2.69 bits per heavy atom. The molecule has 1 heterocycles. The topological polar surface area (TPSA) is 27.1 Å². The molecule has 16 heavy (non-hydrogen) atoms. The summed E-state index contributed by atoms with van der Waals surface area (Å²) in [6.07, 6.45) is 1.98. The van der Waals surface area contributed by atoms with E-state index in [1.807, 2.05) is 29.9 Å². The van der Waals surface area contributed by atoms with Crippen molar-refractivity contribution in [2.45, 2.75) is 20.4 Å². The number of ether oxygens (including phenoxy) is 1. The average molecular weight is 216 g/mol. The molecule has 2 rings (SSSR count). The van der Waals surface area contributed by atoms with E-state index < -0.39 is 0 Å². The third-order valence-corrected chi connectivity index (χ3v) is 2.54. The third-order valence-electron chi connectivity index (χ3n) is 2.54. The van der Waals surface area contributed by atoms with E-state index in [1.165, 1.54) is 5.56 Å². The fraction of sp³-hybridized carbons (Fsp3) is 0.308. The van der Waals surface area contributed by atoms with Crippen molar-refractivity contribution < 1.29 is 4.74 Å². The van der Waals surface area contributed by atoms with Crippen molar-refractivity contribution in [3.05, 3.63) is 47.3 Å². The quantitative estimate of drug-likeness (QED) is 0.788. The molecule has 3 nitrogen and oxygen atoms in total. The van der Waals surface area contributed by atoms with Crippen molar-refractivity contribution in [2.24, 2.45) is 0 Å². The zero-order valence-corrected chi connectivity index (χ0v) is 9.90. The van der Waals surface area contributed by atoms with E-state index in [0.717, 1.165) is 23.6 Å². The maximum absolute atomic E-state index is 5.34. The lowest BCUT2D eigenvalue weighted by atomic mass is 10.1. The monoisotopic (exact) mass is 216 g/mol. The van der Waals surface area contributed by atoms with Gasteiger partial charge in [0.2, 0.25) is 0 Å². The van der Waals surface area contributed by atoms with Crippen molar-refractivity contribution in [1.29, 1.82) is 0 Å². The van der Waals surface area contributed by atoms with Gasteiger partial charge in [-0.15, -0.1) is 0 Å². The molecule has 0 fully saturated rings. The summed E-state index contributed by atoms with van der Waals surface area (Å²) in [5, 5.41) is 4.37. The number of rotatable bonds is 3. The maximum Gasteiger partial charge on any atom is 0.123 e. The Hall–Kier alpha value is -1.77. The predicted molar refractivity (Wildman–Crippen MR) is 63.8 cm³/mol. The second-order valence-corrected chi connectivity index (χ2v) is 3.97. The summed E-state index contributed by atoms with van der Waals surface area (Å²) < 4.78 is 7.26. The number of aromatic nitrogens is 2. The number of benzene rings is 1. The van der Waals surface area contributed by atoms with Crippen LogP contribution in [0.2, 0.25) is 0 Å². The van der Waals surface area contributed by atoms with E-state index in [4.69, 9.17) is 4.74 Å². The van der Waals surface area contributed by atoms with Crippen molar-refractivity contribution in [3.63, 3.8) is 0 Å². The highest BCUT2D eigenvalue weighted by molar-refractivity contribution is 5.36. The molecule has 0 unspecified atom stereocenters. The fourth-order valence-corrected chi connectivity index (χ4v) is 1.76. The highest BCUT2D eigenvalue weighted by Gasteiger charge is 2.04. The molecular weight excluding hydrogens is 200 g/mol. The SMILES string of the molecule is COc1ccc(C)cc1Cn1ccc(C)n1. The van der Waals surface area contributed by atoms with E-state index >= 15 is 0 Å². The first-order chi connectivity index (χ1) is 7.69. The lowest BCUT2D eigenvalue weighted by Gasteiger charge is -2.09. The standard InChI is InChI=1S/C13H16N2O/c1-10-4-5-13(16-3)12(8-10)9-15-7-6-11(2)14-15/h4-8H,9H2,1-3H3. The molecule has 3 heteroatoms. The number of hydrogen-bond donors (Lipinski definition) is 0. The van der Waals surface area contributed by atoms with Crippen molar-refractivity contribution in [1.82, 2.24) is 9.78 Å². The molecule has 0 aliphatic heterocycles. The van der Waals surface area contributed by atoms with Crippen LogP contribution in [0.1, 0.15) is 16.8 Å². The van der Waals surface area contributed by atoms with Gasteiger partial charge in [-0.3, -0.25) is 4.68 Å². The van der Waals surface area contributed by atoms with Crippen LogP contribution in [-0.2, 0) is 6.54 Å². The molecule has 0 radical (unpaired) electrons. The summed E-state index contributed by atoms with van der Waals surface area (Å²) >= 11 is 0. The zero-order chi connectivity index (χ0) is 11.5. The number of hydrogen-bond acceptors (Lipinski definition) is 2. The first-order valence-electron chi connectivity index (χ1n) is 5.32. The van der Waals surface area contributed by atoms with Crippen molar-refractivity contribution in [3.8, 4) is 5.75 Å². The molecule has 0 bridgehead atoms. The zero-order valence-electron chi connectivity index (χ0n) is 9.90. The van der Waals surface area contributed by atoms with Gasteiger partial charge in [-0.05, 0) is 26.0 Å². The summed E-state index contributed by atoms with van der Waals surface area (Å²) in [7, 11) is 1.70. The van der Waals surface area contributed by atoms with Gasteiger partial charge in [0.25, 0.3) is 0 Å². The van der Waals surface area contributed by atoms with Gasteiger partial charge in [0.1, 0.15) is 5.75 Å². The van der Waals surface area contributed by atoms with Gasteiger partial charge >= 0.3 is 0 Å². The molecule has 0 amide bonds. The van der Waals surface area contributed by atoms with Gasteiger partial charge < -0.3 is 4.74 Å². The fourth-order valence-electron chi connectivity index (χ4n) is 1.76. The Balaban J connectivity index is 2.29. The van der Waals surface area contributed by atoms with Crippen LogP contribution >= 0.6 is 0 Å². The van der Waals surface area contributed by atoms with Gasteiger partial charge in [0.15, 0.2) is 0 Å². The van der Waals surface area contributed by atoms with E-state index in [2.05, 4.69) is 24.2 Å². The Labute approximate surface area is 95.7 Å². The van der Waals surface area contributed by atoms with Gasteiger partial charge in [0.05, 0.1) is 19.3 Å². The molecule has 0 saturated heterocycles. The van der Waals surface area contributed by atoms with Crippen LogP contribution < -0.4 is 4.74 Å². The lowest BCUT2D eigenvalue weighted by Crippen LogP contribution is -2.03.